The fourth-order valence-corrected chi connectivity index (χ4v) is 1.60. The summed E-state index contributed by atoms with van der Waals surface area (Å²) in [5.41, 5.74) is 1.37. The number of anilines is 1. The first-order valence-corrected chi connectivity index (χ1v) is 6.75. The number of carbonyl (C=O) groups is 1. The molecule has 5 heteroatoms. The first-order valence-electron chi connectivity index (χ1n) is 6.75. The van der Waals surface area contributed by atoms with Crippen molar-refractivity contribution in [2.45, 2.75) is 26.2 Å². The SMILES string of the molecule is CCCCCNc1ccc(C(=O)NCCOC)nc1. The largest absolute Gasteiger partial charge is 0.384 e. The lowest BCUT2D eigenvalue weighted by atomic mass is 10.2. The molecule has 5 nitrogen and oxygen atoms in total. The van der Waals surface area contributed by atoms with Gasteiger partial charge in [0, 0.05) is 20.2 Å². The van der Waals surface area contributed by atoms with Crippen LogP contribution in [0.1, 0.15) is 36.7 Å². The number of carbonyl (C=O) groups excluding carboxylic acids is 1. The van der Waals surface area contributed by atoms with Crippen molar-refractivity contribution in [2.75, 3.05) is 32.1 Å². The van der Waals surface area contributed by atoms with Gasteiger partial charge in [-0.2, -0.15) is 0 Å². The molecule has 0 bridgehead atoms. The summed E-state index contributed by atoms with van der Waals surface area (Å²) < 4.78 is 4.87. The van der Waals surface area contributed by atoms with E-state index in [0.29, 0.717) is 18.8 Å². The van der Waals surface area contributed by atoms with Crippen LogP contribution in [0.4, 0.5) is 5.69 Å². The standard InChI is InChI=1S/C14H23N3O2/c1-3-4-5-8-15-12-6-7-13(17-11-12)14(18)16-9-10-19-2/h6-7,11,15H,3-5,8-10H2,1-2H3,(H,16,18). The number of amides is 1. The molecule has 0 fully saturated rings. The lowest BCUT2D eigenvalue weighted by Crippen LogP contribution is -2.27. The molecule has 0 atom stereocenters. The third kappa shape index (κ3) is 6.20. The van der Waals surface area contributed by atoms with E-state index in [1.807, 2.05) is 6.07 Å². The predicted molar refractivity (Wildman–Crippen MR) is 76.5 cm³/mol. The van der Waals surface area contributed by atoms with E-state index in [9.17, 15) is 4.79 Å². The smallest absolute Gasteiger partial charge is 0.269 e. The Bertz CT molecular complexity index is 365. The molecular weight excluding hydrogens is 242 g/mol. The van der Waals surface area contributed by atoms with E-state index in [0.717, 1.165) is 18.7 Å². The number of hydrogen-bond donors (Lipinski definition) is 2. The Kier molecular flexibility index (Phi) is 7.58. The van der Waals surface area contributed by atoms with Crippen LogP contribution >= 0.6 is 0 Å². The molecule has 19 heavy (non-hydrogen) atoms. The molecule has 0 saturated carbocycles. The van der Waals surface area contributed by atoms with Gasteiger partial charge in [-0.25, -0.2) is 4.98 Å². The van der Waals surface area contributed by atoms with Gasteiger partial charge in [-0.15, -0.1) is 0 Å². The van der Waals surface area contributed by atoms with Gasteiger partial charge in [0.2, 0.25) is 0 Å². The van der Waals surface area contributed by atoms with Gasteiger partial charge < -0.3 is 15.4 Å². The Labute approximate surface area is 114 Å². The minimum Gasteiger partial charge on any atom is -0.384 e. The topological polar surface area (TPSA) is 63.2 Å². The summed E-state index contributed by atoms with van der Waals surface area (Å²) in [5, 5.41) is 6.02. The van der Waals surface area contributed by atoms with Gasteiger partial charge in [-0.05, 0) is 18.6 Å². The second kappa shape index (κ2) is 9.33. The molecule has 1 heterocycles. The lowest BCUT2D eigenvalue weighted by molar-refractivity contribution is 0.0932. The first-order chi connectivity index (χ1) is 9.27. The van der Waals surface area contributed by atoms with Crippen LogP contribution in [-0.4, -0.2) is 37.7 Å². The molecule has 0 aliphatic carbocycles. The number of nitrogens with zero attached hydrogens (tertiary/aromatic N) is 1. The molecule has 0 radical (unpaired) electrons. The van der Waals surface area contributed by atoms with Crippen LogP contribution in [0.3, 0.4) is 0 Å². The van der Waals surface area contributed by atoms with E-state index in [1.165, 1.54) is 12.8 Å². The summed E-state index contributed by atoms with van der Waals surface area (Å²) >= 11 is 0. The molecule has 0 aliphatic heterocycles. The van der Waals surface area contributed by atoms with E-state index < -0.39 is 0 Å². The maximum absolute atomic E-state index is 11.7. The molecule has 0 saturated heterocycles. The van der Waals surface area contributed by atoms with Crippen molar-refractivity contribution in [3.8, 4) is 0 Å². The van der Waals surface area contributed by atoms with Gasteiger partial charge >= 0.3 is 0 Å². The first kappa shape index (κ1) is 15.4. The number of hydrogen-bond acceptors (Lipinski definition) is 4. The number of nitrogens with one attached hydrogen (secondary N) is 2. The van der Waals surface area contributed by atoms with Gasteiger partial charge in [0.25, 0.3) is 5.91 Å². The zero-order valence-electron chi connectivity index (χ0n) is 11.7. The Hall–Kier alpha value is -1.62. The fourth-order valence-electron chi connectivity index (χ4n) is 1.60. The normalized spacial score (nSPS) is 10.2. The Balaban J connectivity index is 2.36. The third-order valence-corrected chi connectivity index (χ3v) is 2.70. The van der Waals surface area contributed by atoms with Crippen LogP contribution in [-0.2, 0) is 4.74 Å². The minimum atomic E-state index is -0.172. The molecule has 1 rings (SSSR count). The van der Waals surface area contributed by atoms with E-state index in [-0.39, 0.29) is 5.91 Å². The Morgan fingerprint density at radius 3 is 2.79 bits per heavy atom. The molecule has 106 valence electrons. The van der Waals surface area contributed by atoms with Crippen molar-refractivity contribution in [1.82, 2.24) is 10.3 Å². The quantitative estimate of drug-likeness (QED) is 0.671. The second-order valence-corrected chi connectivity index (χ2v) is 4.31. The second-order valence-electron chi connectivity index (χ2n) is 4.31. The van der Waals surface area contributed by atoms with E-state index >= 15 is 0 Å². The highest BCUT2D eigenvalue weighted by Crippen LogP contribution is 2.06. The summed E-state index contributed by atoms with van der Waals surface area (Å²) in [4.78, 5) is 15.8. The number of pyridine rings is 1. The number of methoxy groups -OCH3 is 1. The van der Waals surface area contributed by atoms with Crippen LogP contribution < -0.4 is 10.6 Å². The highest BCUT2D eigenvalue weighted by molar-refractivity contribution is 5.92. The minimum absolute atomic E-state index is 0.172. The molecule has 0 unspecified atom stereocenters. The molecule has 1 amide bonds. The molecular formula is C14H23N3O2. The zero-order valence-corrected chi connectivity index (χ0v) is 11.7. The van der Waals surface area contributed by atoms with Crippen molar-refractivity contribution < 1.29 is 9.53 Å². The van der Waals surface area contributed by atoms with Gasteiger partial charge in [0.05, 0.1) is 18.5 Å². The predicted octanol–water partition coefficient (Wildman–Crippen LogP) is 2.06. The summed E-state index contributed by atoms with van der Waals surface area (Å²) in [6.07, 6.45) is 5.27. The third-order valence-electron chi connectivity index (χ3n) is 2.70. The summed E-state index contributed by atoms with van der Waals surface area (Å²) in [7, 11) is 1.60. The molecule has 2 N–H and O–H groups in total. The number of unbranched alkanes of at least 4 members (excludes halogenated alkanes) is 2. The van der Waals surface area contributed by atoms with Crippen molar-refractivity contribution in [2.24, 2.45) is 0 Å². The number of ether oxygens (including phenoxy) is 1. The Morgan fingerprint density at radius 2 is 2.16 bits per heavy atom. The highest BCUT2D eigenvalue weighted by atomic mass is 16.5. The average molecular weight is 265 g/mol. The number of aromatic nitrogens is 1. The molecule has 0 aliphatic rings. The fraction of sp³-hybridized carbons (Fsp3) is 0.571. The van der Waals surface area contributed by atoms with E-state index in [2.05, 4.69) is 22.5 Å². The lowest BCUT2D eigenvalue weighted by Gasteiger charge is -2.07. The van der Waals surface area contributed by atoms with Crippen LogP contribution in [0.2, 0.25) is 0 Å². The van der Waals surface area contributed by atoms with Crippen LogP contribution in [0, 0.1) is 0 Å². The highest BCUT2D eigenvalue weighted by Gasteiger charge is 2.05. The Morgan fingerprint density at radius 1 is 1.32 bits per heavy atom. The maximum Gasteiger partial charge on any atom is 0.269 e. The van der Waals surface area contributed by atoms with E-state index in [1.54, 1.807) is 19.4 Å². The maximum atomic E-state index is 11.7. The molecule has 1 aromatic heterocycles. The van der Waals surface area contributed by atoms with Gasteiger partial charge in [0.15, 0.2) is 0 Å². The van der Waals surface area contributed by atoms with Gasteiger partial charge in [-0.3, -0.25) is 4.79 Å². The van der Waals surface area contributed by atoms with Gasteiger partial charge in [0.1, 0.15) is 5.69 Å². The summed E-state index contributed by atoms with van der Waals surface area (Å²) in [6.45, 7) is 4.12. The summed E-state index contributed by atoms with van der Waals surface area (Å²) in [5.74, 6) is -0.172. The van der Waals surface area contributed by atoms with Crippen molar-refractivity contribution in [3.63, 3.8) is 0 Å². The van der Waals surface area contributed by atoms with Gasteiger partial charge in [-0.1, -0.05) is 19.8 Å². The zero-order chi connectivity index (χ0) is 13.9. The van der Waals surface area contributed by atoms with Crippen molar-refractivity contribution in [1.29, 1.82) is 0 Å². The van der Waals surface area contributed by atoms with Crippen LogP contribution in [0.5, 0.6) is 0 Å². The molecule has 0 aromatic carbocycles. The summed E-state index contributed by atoms with van der Waals surface area (Å²) in [6, 6.07) is 3.61. The number of rotatable bonds is 9. The van der Waals surface area contributed by atoms with Crippen molar-refractivity contribution in [3.05, 3.63) is 24.0 Å². The molecule has 1 aromatic rings. The van der Waals surface area contributed by atoms with E-state index in [4.69, 9.17) is 4.74 Å². The average Bonchev–Trinajstić information content (AvgIpc) is 2.44. The van der Waals surface area contributed by atoms with Crippen LogP contribution in [0.25, 0.3) is 0 Å². The molecule has 0 spiro atoms. The van der Waals surface area contributed by atoms with Crippen molar-refractivity contribution >= 4 is 11.6 Å². The monoisotopic (exact) mass is 265 g/mol. The van der Waals surface area contributed by atoms with Crippen LogP contribution in [0.15, 0.2) is 18.3 Å².